The van der Waals surface area contributed by atoms with E-state index >= 15 is 0 Å². The van der Waals surface area contributed by atoms with Gasteiger partial charge in [0.1, 0.15) is 0 Å². The van der Waals surface area contributed by atoms with Crippen molar-refractivity contribution in [1.29, 1.82) is 0 Å². The van der Waals surface area contributed by atoms with Gasteiger partial charge in [-0.1, -0.05) is 0 Å². The number of amides is 1. The zero-order chi connectivity index (χ0) is 13.9. The van der Waals surface area contributed by atoms with Gasteiger partial charge in [0.15, 0.2) is 0 Å². The standard InChI is InChI=1S/C8H19N2O7P/c9-6-8(12)10-2-5-17-18(13,14)16-4-1-3-15-7-11/h7,13-14,18H,1-6,9H2,(H,10,12). The molecule has 0 aliphatic heterocycles. The summed E-state index contributed by atoms with van der Waals surface area (Å²) in [5, 5.41) is 2.39. The molecule has 1 amide bonds. The van der Waals surface area contributed by atoms with E-state index in [4.69, 9.17) is 14.8 Å². The first-order valence-corrected chi connectivity index (χ1v) is 6.97. The molecule has 0 atom stereocenters. The Hall–Kier alpha value is -0.830. The Labute approximate surface area is 105 Å². The van der Waals surface area contributed by atoms with Gasteiger partial charge in [-0.15, -0.1) is 0 Å². The van der Waals surface area contributed by atoms with Crippen LogP contribution in [0.2, 0.25) is 0 Å². The maximum absolute atomic E-state index is 10.7. The van der Waals surface area contributed by atoms with Crippen LogP contribution in [0.3, 0.4) is 0 Å². The van der Waals surface area contributed by atoms with Crippen molar-refractivity contribution in [2.24, 2.45) is 5.73 Å². The predicted octanol–water partition coefficient (Wildman–Crippen LogP) is -1.95. The number of carbonyl (C=O) groups excluding carboxylic acids is 2. The van der Waals surface area contributed by atoms with Crippen LogP contribution in [0.4, 0.5) is 0 Å². The molecule has 0 radical (unpaired) electrons. The topological polar surface area (TPSA) is 140 Å². The van der Waals surface area contributed by atoms with Crippen molar-refractivity contribution in [3.63, 3.8) is 0 Å². The fraction of sp³-hybridized carbons (Fsp3) is 0.750. The Morgan fingerprint density at radius 1 is 1.28 bits per heavy atom. The molecular formula is C8H19N2O7P. The molecule has 0 fully saturated rings. The van der Waals surface area contributed by atoms with E-state index in [2.05, 4.69) is 10.1 Å². The number of hydrogen-bond acceptors (Lipinski definition) is 8. The number of ether oxygens (including phenoxy) is 1. The molecule has 0 aliphatic carbocycles. The van der Waals surface area contributed by atoms with Crippen LogP contribution >= 0.6 is 8.17 Å². The molecule has 0 saturated carbocycles. The van der Waals surface area contributed by atoms with E-state index in [1.807, 2.05) is 0 Å². The Morgan fingerprint density at radius 2 is 1.94 bits per heavy atom. The van der Waals surface area contributed by atoms with Crippen LogP contribution < -0.4 is 11.1 Å². The average molecular weight is 286 g/mol. The van der Waals surface area contributed by atoms with E-state index < -0.39 is 8.17 Å². The van der Waals surface area contributed by atoms with Gasteiger partial charge in [-0.25, -0.2) is 0 Å². The second kappa shape index (κ2) is 10.1. The van der Waals surface area contributed by atoms with Crippen molar-refractivity contribution in [2.75, 3.05) is 32.9 Å². The van der Waals surface area contributed by atoms with Crippen LogP contribution in [0.1, 0.15) is 6.42 Å². The first-order chi connectivity index (χ1) is 8.52. The Kier molecular flexibility index (Phi) is 9.66. The van der Waals surface area contributed by atoms with E-state index in [0.29, 0.717) is 12.9 Å². The van der Waals surface area contributed by atoms with Gasteiger partial charge in [0.05, 0.1) is 0 Å². The van der Waals surface area contributed by atoms with Crippen molar-refractivity contribution in [3.05, 3.63) is 0 Å². The third-order valence-corrected chi connectivity index (χ3v) is 2.82. The van der Waals surface area contributed by atoms with Crippen LogP contribution in [0.15, 0.2) is 0 Å². The maximum atomic E-state index is 10.7. The van der Waals surface area contributed by atoms with Crippen molar-refractivity contribution in [3.8, 4) is 0 Å². The van der Waals surface area contributed by atoms with Gasteiger partial charge in [0, 0.05) is 0 Å². The van der Waals surface area contributed by atoms with Gasteiger partial charge in [-0.2, -0.15) is 0 Å². The molecule has 0 rings (SSSR count). The summed E-state index contributed by atoms with van der Waals surface area (Å²) in [6, 6.07) is 0. The van der Waals surface area contributed by atoms with Crippen molar-refractivity contribution >= 4 is 20.5 Å². The average Bonchev–Trinajstić information content (AvgIpc) is 2.34. The van der Waals surface area contributed by atoms with Crippen LogP contribution in [-0.2, 0) is 23.4 Å². The molecule has 18 heavy (non-hydrogen) atoms. The summed E-state index contributed by atoms with van der Waals surface area (Å²) in [7, 11) is -4.17. The van der Waals surface area contributed by atoms with Crippen molar-refractivity contribution < 1.29 is 33.2 Å². The van der Waals surface area contributed by atoms with Gasteiger partial charge < -0.3 is 0 Å². The van der Waals surface area contributed by atoms with E-state index in [9.17, 15) is 19.4 Å². The molecule has 0 heterocycles. The van der Waals surface area contributed by atoms with Gasteiger partial charge in [-0.05, 0) is 0 Å². The number of carbonyl (C=O) groups is 2. The second-order valence-electron chi connectivity index (χ2n) is 3.12. The molecular weight excluding hydrogens is 267 g/mol. The Bertz CT molecular complexity index is 252. The summed E-state index contributed by atoms with van der Waals surface area (Å²) in [5.74, 6) is -0.367. The summed E-state index contributed by atoms with van der Waals surface area (Å²) in [6.45, 7) is 0.259. The van der Waals surface area contributed by atoms with Gasteiger partial charge in [-0.3, -0.25) is 0 Å². The van der Waals surface area contributed by atoms with Crippen LogP contribution in [0.5, 0.6) is 0 Å². The summed E-state index contributed by atoms with van der Waals surface area (Å²) in [4.78, 5) is 39.1. The number of nitrogens with one attached hydrogen (secondary N) is 1. The zero-order valence-electron chi connectivity index (χ0n) is 9.83. The SMILES string of the molecule is NCC(=O)NCCO[PH](O)(O)OCCCOC=O. The third-order valence-electron chi connectivity index (χ3n) is 1.66. The fourth-order valence-corrected chi connectivity index (χ4v) is 1.75. The fourth-order valence-electron chi connectivity index (χ4n) is 0.884. The monoisotopic (exact) mass is 286 g/mol. The van der Waals surface area contributed by atoms with E-state index in [1.54, 1.807) is 0 Å². The van der Waals surface area contributed by atoms with Crippen LogP contribution in [0.25, 0.3) is 0 Å². The zero-order valence-corrected chi connectivity index (χ0v) is 10.8. The molecule has 10 heteroatoms. The van der Waals surface area contributed by atoms with Gasteiger partial charge >= 0.3 is 104 Å². The van der Waals surface area contributed by atoms with Crippen molar-refractivity contribution in [1.82, 2.24) is 5.32 Å². The summed E-state index contributed by atoms with van der Waals surface area (Å²) < 4.78 is 13.8. The van der Waals surface area contributed by atoms with Crippen LogP contribution in [0, 0.1) is 0 Å². The van der Waals surface area contributed by atoms with Crippen molar-refractivity contribution in [2.45, 2.75) is 6.42 Å². The molecule has 0 unspecified atom stereocenters. The molecule has 108 valence electrons. The van der Waals surface area contributed by atoms with Gasteiger partial charge in [0.25, 0.3) is 0 Å². The molecule has 9 nitrogen and oxygen atoms in total. The quantitative estimate of drug-likeness (QED) is 0.195. The van der Waals surface area contributed by atoms with E-state index in [0.717, 1.165) is 0 Å². The Morgan fingerprint density at radius 3 is 2.56 bits per heavy atom. The molecule has 5 N–H and O–H groups in total. The van der Waals surface area contributed by atoms with E-state index in [1.165, 1.54) is 0 Å². The number of hydrogen-bond donors (Lipinski definition) is 4. The minimum atomic E-state index is -4.17. The molecule has 0 aromatic carbocycles. The molecule has 0 aromatic heterocycles. The molecule has 0 bridgehead atoms. The third kappa shape index (κ3) is 10.3. The molecule has 0 aromatic rings. The van der Waals surface area contributed by atoms with Gasteiger partial charge in [0.2, 0.25) is 0 Å². The molecule has 0 spiro atoms. The predicted molar refractivity (Wildman–Crippen MR) is 63.4 cm³/mol. The first kappa shape index (κ1) is 17.2. The second-order valence-corrected chi connectivity index (χ2v) is 4.79. The van der Waals surface area contributed by atoms with E-state index in [-0.39, 0.29) is 38.8 Å². The normalized spacial score (nSPS) is 11.9. The summed E-state index contributed by atoms with van der Waals surface area (Å²) in [5.41, 5.74) is 5.04. The molecule has 0 aliphatic rings. The number of rotatable bonds is 11. The number of nitrogens with two attached hydrogens (primary N) is 1. The first-order valence-electron chi connectivity index (χ1n) is 5.26. The molecule has 0 saturated heterocycles. The van der Waals surface area contributed by atoms with Crippen LogP contribution in [-0.4, -0.2) is 55.1 Å². The summed E-state index contributed by atoms with van der Waals surface area (Å²) in [6.07, 6.45) is 0.321. The Balaban J connectivity index is 3.54. The summed E-state index contributed by atoms with van der Waals surface area (Å²) >= 11 is 0. The minimum absolute atomic E-state index is 0.0117.